The van der Waals surface area contributed by atoms with Crippen LogP contribution < -0.4 is 10.6 Å². The van der Waals surface area contributed by atoms with Gasteiger partial charge < -0.3 is 20.3 Å². The van der Waals surface area contributed by atoms with Gasteiger partial charge in [-0.05, 0) is 58.7 Å². The molecule has 8 nitrogen and oxygen atoms in total. The summed E-state index contributed by atoms with van der Waals surface area (Å²) in [6.45, 7) is 10.2. The molecule has 2 N–H and O–H groups in total. The number of hydrogen-bond acceptors (Lipinski definition) is 6. The number of benzene rings is 2. The molecule has 0 aliphatic carbocycles. The standard InChI is InChI=1S/C27H33ClN4O4S/c1-16-12-17(2)14-19(13-16)23(24(33)31-22-18(3)8-7-9-20(22)28)32(11-10-29)25(34)21(15-37)30-26(35)36-27(4,5)6/h7-9,12-14,21,23,37H,11,15H2,1-6H3,(H,30,35)(H,31,33). The highest BCUT2D eigenvalue weighted by Gasteiger charge is 2.36. The molecule has 0 aromatic heterocycles. The summed E-state index contributed by atoms with van der Waals surface area (Å²) in [7, 11) is 0. The number of ether oxygens (including phenoxy) is 1. The number of carbonyl (C=O) groups is 3. The summed E-state index contributed by atoms with van der Waals surface area (Å²) in [5.74, 6) is -1.29. The number of halogens is 1. The highest BCUT2D eigenvalue weighted by atomic mass is 35.5. The Hall–Kier alpha value is -3.22. The van der Waals surface area contributed by atoms with Gasteiger partial charge in [0.25, 0.3) is 5.91 Å². The SMILES string of the molecule is Cc1cc(C)cc(C(C(=O)Nc2c(C)cccc2Cl)N(CC#N)C(=O)C(CS)NC(=O)OC(C)(C)C)c1. The van der Waals surface area contributed by atoms with E-state index in [4.69, 9.17) is 16.3 Å². The molecule has 2 aromatic carbocycles. The smallest absolute Gasteiger partial charge is 0.408 e. The van der Waals surface area contributed by atoms with Crippen LogP contribution in [0.1, 0.15) is 49.1 Å². The van der Waals surface area contributed by atoms with Gasteiger partial charge in [-0.15, -0.1) is 0 Å². The summed E-state index contributed by atoms with van der Waals surface area (Å²) < 4.78 is 5.28. The summed E-state index contributed by atoms with van der Waals surface area (Å²) in [4.78, 5) is 41.0. The molecule has 0 aliphatic rings. The fourth-order valence-electron chi connectivity index (χ4n) is 3.83. The summed E-state index contributed by atoms with van der Waals surface area (Å²) in [6.07, 6.45) is -0.809. The number of nitrogens with zero attached hydrogens (tertiary/aromatic N) is 2. The van der Waals surface area contributed by atoms with Crippen LogP contribution in [0.2, 0.25) is 5.02 Å². The second kappa shape index (κ2) is 12.8. The van der Waals surface area contributed by atoms with Gasteiger partial charge in [0, 0.05) is 5.75 Å². The van der Waals surface area contributed by atoms with Crippen LogP contribution in [0.25, 0.3) is 0 Å². The Morgan fingerprint density at radius 3 is 2.27 bits per heavy atom. The first kappa shape index (κ1) is 30.0. The van der Waals surface area contributed by atoms with Crippen molar-refractivity contribution in [3.05, 3.63) is 63.7 Å². The lowest BCUT2D eigenvalue weighted by Gasteiger charge is -2.33. The van der Waals surface area contributed by atoms with E-state index in [0.29, 0.717) is 16.3 Å². The lowest BCUT2D eigenvalue weighted by atomic mass is 9.98. The lowest BCUT2D eigenvalue weighted by molar-refractivity contribution is -0.139. The largest absolute Gasteiger partial charge is 0.444 e. The minimum Gasteiger partial charge on any atom is -0.444 e. The van der Waals surface area contributed by atoms with Crippen LogP contribution in [0.5, 0.6) is 0 Å². The van der Waals surface area contributed by atoms with Crippen molar-refractivity contribution in [3.63, 3.8) is 0 Å². The van der Waals surface area contributed by atoms with Gasteiger partial charge in [0.2, 0.25) is 5.91 Å². The van der Waals surface area contributed by atoms with Crippen molar-refractivity contribution in [1.82, 2.24) is 10.2 Å². The molecule has 0 bridgehead atoms. The van der Waals surface area contributed by atoms with E-state index in [9.17, 15) is 19.6 Å². The Kier molecular flexibility index (Phi) is 10.4. The number of para-hydroxylation sites is 1. The summed E-state index contributed by atoms with van der Waals surface area (Å²) in [6, 6.07) is 10.4. The first-order valence-corrected chi connectivity index (χ1v) is 12.7. The van der Waals surface area contributed by atoms with Gasteiger partial charge in [-0.25, -0.2) is 4.79 Å². The van der Waals surface area contributed by atoms with E-state index in [1.807, 2.05) is 26.0 Å². The minimum atomic E-state index is -1.19. The molecule has 0 fully saturated rings. The average molecular weight is 545 g/mol. The number of anilines is 1. The fraction of sp³-hybridized carbons (Fsp3) is 0.407. The fourth-order valence-corrected chi connectivity index (χ4v) is 4.35. The molecule has 37 heavy (non-hydrogen) atoms. The second-order valence-corrected chi connectivity index (χ2v) is 10.5. The molecule has 0 aliphatic heterocycles. The molecule has 2 atom stereocenters. The third-order valence-electron chi connectivity index (χ3n) is 5.29. The zero-order valence-electron chi connectivity index (χ0n) is 21.9. The number of alkyl carbamates (subject to hydrolysis) is 1. The molecule has 2 rings (SSSR count). The van der Waals surface area contributed by atoms with Crippen molar-refractivity contribution >= 4 is 47.8 Å². The molecular weight excluding hydrogens is 512 g/mol. The normalized spacial score (nSPS) is 12.6. The zero-order chi connectivity index (χ0) is 27.9. The topological polar surface area (TPSA) is 112 Å². The van der Waals surface area contributed by atoms with E-state index >= 15 is 0 Å². The quantitative estimate of drug-likeness (QED) is 0.315. The summed E-state index contributed by atoms with van der Waals surface area (Å²) in [5.41, 5.74) is 2.63. The van der Waals surface area contributed by atoms with E-state index < -0.39 is 42.1 Å². The van der Waals surface area contributed by atoms with Gasteiger partial charge in [0.05, 0.1) is 16.8 Å². The molecule has 3 amide bonds. The Balaban J connectivity index is 2.54. The van der Waals surface area contributed by atoms with Gasteiger partial charge in [-0.2, -0.15) is 17.9 Å². The third-order valence-corrected chi connectivity index (χ3v) is 5.97. The number of thiol groups is 1. The Morgan fingerprint density at radius 1 is 1.14 bits per heavy atom. The molecule has 0 spiro atoms. The van der Waals surface area contributed by atoms with Crippen LogP contribution in [0.15, 0.2) is 36.4 Å². The summed E-state index contributed by atoms with van der Waals surface area (Å²) in [5, 5.41) is 15.3. The highest BCUT2D eigenvalue weighted by Crippen LogP contribution is 2.30. The first-order chi connectivity index (χ1) is 17.3. The van der Waals surface area contributed by atoms with Crippen molar-refractivity contribution < 1.29 is 19.1 Å². The Bertz CT molecular complexity index is 1170. The van der Waals surface area contributed by atoms with Crippen LogP contribution in [0, 0.1) is 32.1 Å². The van der Waals surface area contributed by atoms with Gasteiger partial charge in [0.1, 0.15) is 24.2 Å². The van der Waals surface area contributed by atoms with Crippen LogP contribution in [-0.4, -0.2) is 46.7 Å². The van der Waals surface area contributed by atoms with Gasteiger partial charge in [-0.3, -0.25) is 9.59 Å². The van der Waals surface area contributed by atoms with Crippen LogP contribution in [0.4, 0.5) is 10.5 Å². The van der Waals surface area contributed by atoms with E-state index in [-0.39, 0.29) is 5.75 Å². The Morgan fingerprint density at radius 2 is 1.76 bits per heavy atom. The molecule has 0 saturated carbocycles. The monoisotopic (exact) mass is 544 g/mol. The first-order valence-electron chi connectivity index (χ1n) is 11.7. The number of nitriles is 1. The maximum Gasteiger partial charge on any atom is 0.408 e. The number of carbonyl (C=O) groups excluding carboxylic acids is 3. The molecule has 0 heterocycles. The van der Waals surface area contributed by atoms with E-state index in [1.54, 1.807) is 58.0 Å². The number of amides is 3. The molecule has 0 saturated heterocycles. The van der Waals surface area contributed by atoms with Gasteiger partial charge in [-0.1, -0.05) is 53.1 Å². The molecular formula is C27H33ClN4O4S. The zero-order valence-corrected chi connectivity index (χ0v) is 23.5. The van der Waals surface area contributed by atoms with Crippen molar-refractivity contribution in [3.8, 4) is 6.07 Å². The number of nitrogens with one attached hydrogen (secondary N) is 2. The van der Waals surface area contributed by atoms with Gasteiger partial charge in [0.15, 0.2) is 0 Å². The molecule has 2 aromatic rings. The maximum atomic E-state index is 13.8. The van der Waals surface area contributed by atoms with Crippen LogP contribution >= 0.6 is 24.2 Å². The van der Waals surface area contributed by atoms with Crippen LogP contribution in [0.3, 0.4) is 0 Å². The van der Waals surface area contributed by atoms with Crippen molar-refractivity contribution in [2.45, 2.75) is 59.2 Å². The van der Waals surface area contributed by atoms with Crippen molar-refractivity contribution in [2.75, 3.05) is 17.6 Å². The van der Waals surface area contributed by atoms with Crippen molar-refractivity contribution in [1.29, 1.82) is 5.26 Å². The molecule has 10 heteroatoms. The molecule has 198 valence electrons. The third kappa shape index (κ3) is 8.41. The number of rotatable bonds is 8. The Labute approximate surface area is 228 Å². The predicted octanol–water partition coefficient (Wildman–Crippen LogP) is 5.12. The lowest BCUT2D eigenvalue weighted by Crippen LogP contribution is -2.53. The minimum absolute atomic E-state index is 0.0786. The molecule has 2 unspecified atom stereocenters. The maximum absolute atomic E-state index is 13.8. The average Bonchev–Trinajstić information content (AvgIpc) is 2.77. The number of hydrogen-bond donors (Lipinski definition) is 3. The predicted molar refractivity (Wildman–Crippen MR) is 148 cm³/mol. The van der Waals surface area contributed by atoms with E-state index in [1.165, 1.54) is 0 Å². The second-order valence-electron chi connectivity index (χ2n) is 9.75. The van der Waals surface area contributed by atoms with E-state index in [2.05, 4.69) is 23.3 Å². The number of aryl methyl sites for hydroxylation is 3. The van der Waals surface area contributed by atoms with Gasteiger partial charge >= 0.3 is 6.09 Å². The highest BCUT2D eigenvalue weighted by molar-refractivity contribution is 7.80. The van der Waals surface area contributed by atoms with Crippen molar-refractivity contribution in [2.24, 2.45) is 0 Å². The molecule has 0 radical (unpaired) electrons. The van der Waals surface area contributed by atoms with Crippen LogP contribution in [-0.2, 0) is 14.3 Å². The van der Waals surface area contributed by atoms with E-state index in [0.717, 1.165) is 21.6 Å². The summed E-state index contributed by atoms with van der Waals surface area (Å²) >= 11 is 10.6.